The summed E-state index contributed by atoms with van der Waals surface area (Å²) in [7, 11) is 0. The standard InChI is InChI=1S/C13H13F2NO3/c1-2-19-13(18)12(15)16-10-7-9(14)5-3-8(10)4-6-11(16)17/h3,5,7,12H,2,4,6H2,1H3. The highest BCUT2D eigenvalue weighted by Gasteiger charge is 2.35. The molecule has 0 saturated heterocycles. The minimum Gasteiger partial charge on any atom is -0.462 e. The quantitative estimate of drug-likeness (QED) is 0.622. The van der Waals surface area contributed by atoms with Gasteiger partial charge in [-0.3, -0.25) is 9.69 Å². The molecule has 0 bridgehead atoms. The lowest BCUT2D eigenvalue weighted by molar-refractivity contribution is -0.150. The van der Waals surface area contributed by atoms with Crippen molar-refractivity contribution in [1.29, 1.82) is 0 Å². The Kier molecular flexibility index (Phi) is 3.78. The van der Waals surface area contributed by atoms with Gasteiger partial charge in [-0.1, -0.05) is 6.07 Å². The molecule has 0 aliphatic carbocycles. The fourth-order valence-electron chi connectivity index (χ4n) is 2.03. The van der Waals surface area contributed by atoms with Crippen LogP contribution in [0.3, 0.4) is 0 Å². The molecule has 0 spiro atoms. The summed E-state index contributed by atoms with van der Waals surface area (Å²) in [5, 5.41) is 0. The lowest BCUT2D eigenvalue weighted by Gasteiger charge is -2.30. The molecule has 19 heavy (non-hydrogen) atoms. The van der Waals surface area contributed by atoms with Crippen LogP contribution in [0.1, 0.15) is 18.9 Å². The third kappa shape index (κ3) is 2.57. The molecule has 1 heterocycles. The van der Waals surface area contributed by atoms with Gasteiger partial charge in [0.25, 0.3) is 6.30 Å². The highest BCUT2D eigenvalue weighted by Crippen LogP contribution is 2.30. The van der Waals surface area contributed by atoms with Crippen LogP contribution >= 0.6 is 0 Å². The largest absolute Gasteiger partial charge is 0.462 e. The number of anilines is 1. The first kappa shape index (κ1) is 13.5. The number of amides is 1. The molecular formula is C13H13F2NO3. The van der Waals surface area contributed by atoms with E-state index in [-0.39, 0.29) is 18.7 Å². The van der Waals surface area contributed by atoms with Gasteiger partial charge in [0.2, 0.25) is 5.91 Å². The fraction of sp³-hybridized carbons (Fsp3) is 0.385. The fourth-order valence-corrected chi connectivity index (χ4v) is 2.03. The summed E-state index contributed by atoms with van der Waals surface area (Å²) in [6.45, 7) is 1.55. The Morgan fingerprint density at radius 3 is 2.89 bits per heavy atom. The zero-order valence-electron chi connectivity index (χ0n) is 10.4. The average Bonchev–Trinajstić information content (AvgIpc) is 2.38. The van der Waals surface area contributed by atoms with E-state index in [0.717, 1.165) is 6.07 Å². The third-order valence-electron chi connectivity index (χ3n) is 2.89. The van der Waals surface area contributed by atoms with Crippen LogP contribution in [-0.4, -0.2) is 24.8 Å². The van der Waals surface area contributed by atoms with Crippen LogP contribution in [-0.2, 0) is 20.7 Å². The minimum atomic E-state index is -2.24. The van der Waals surface area contributed by atoms with E-state index in [2.05, 4.69) is 4.74 Å². The molecule has 1 aliphatic heterocycles. The van der Waals surface area contributed by atoms with Crippen LogP contribution in [0.15, 0.2) is 18.2 Å². The normalized spacial score (nSPS) is 15.9. The highest BCUT2D eigenvalue weighted by molar-refractivity contribution is 6.01. The molecule has 2 rings (SSSR count). The van der Waals surface area contributed by atoms with Crippen molar-refractivity contribution in [1.82, 2.24) is 0 Å². The van der Waals surface area contributed by atoms with Crippen LogP contribution < -0.4 is 4.90 Å². The number of fused-ring (bicyclic) bond motifs is 1. The maximum Gasteiger partial charge on any atom is 0.362 e. The Labute approximate surface area is 109 Å². The Morgan fingerprint density at radius 2 is 2.21 bits per heavy atom. The van der Waals surface area contributed by atoms with Gasteiger partial charge >= 0.3 is 5.97 Å². The van der Waals surface area contributed by atoms with E-state index >= 15 is 0 Å². The van der Waals surface area contributed by atoms with Crippen LogP contribution in [0.4, 0.5) is 14.5 Å². The molecule has 6 heteroatoms. The number of rotatable bonds is 3. The maximum atomic E-state index is 14.0. The zero-order valence-corrected chi connectivity index (χ0v) is 10.4. The Bertz CT molecular complexity index is 519. The minimum absolute atomic E-state index is 0.0112. The van der Waals surface area contributed by atoms with E-state index < -0.39 is 24.0 Å². The van der Waals surface area contributed by atoms with Gasteiger partial charge in [0, 0.05) is 6.42 Å². The molecule has 4 nitrogen and oxygen atoms in total. The molecule has 1 aliphatic rings. The second-order valence-corrected chi connectivity index (χ2v) is 4.12. The van der Waals surface area contributed by atoms with E-state index in [9.17, 15) is 18.4 Å². The lowest BCUT2D eigenvalue weighted by Crippen LogP contribution is -2.45. The van der Waals surface area contributed by atoms with E-state index in [1.54, 1.807) is 0 Å². The van der Waals surface area contributed by atoms with Crippen molar-refractivity contribution in [2.75, 3.05) is 11.5 Å². The number of halogens is 2. The van der Waals surface area contributed by atoms with Crippen LogP contribution in [0.2, 0.25) is 0 Å². The first-order valence-corrected chi connectivity index (χ1v) is 5.95. The summed E-state index contributed by atoms with van der Waals surface area (Å²) >= 11 is 0. The predicted octanol–water partition coefficient (Wildman–Crippen LogP) is 1.96. The van der Waals surface area contributed by atoms with Crippen molar-refractivity contribution in [3.8, 4) is 0 Å². The third-order valence-corrected chi connectivity index (χ3v) is 2.89. The second-order valence-electron chi connectivity index (χ2n) is 4.12. The number of carbonyl (C=O) groups is 2. The molecule has 0 saturated carbocycles. The van der Waals surface area contributed by atoms with Gasteiger partial charge < -0.3 is 4.74 Å². The van der Waals surface area contributed by atoms with Gasteiger partial charge in [0.05, 0.1) is 12.3 Å². The Hall–Kier alpha value is -1.98. The van der Waals surface area contributed by atoms with Gasteiger partial charge in [-0.25, -0.2) is 13.6 Å². The number of alkyl halides is 1. The molecule has 1 aromatic rings. The predicted molar refractivity (Wildman–Crippen MR) is 63.7 cm³/mol. The number of carbonyl (C=O) groups excluding carboxylic acids is 2. The number of ether oxygens (including phenoxy) is 1. The highest BCUT2D eigenvalue weighted by atomic mass is 19.1. The SMILES string of the molecule is CCOC(=O)C(F)N1C(=O)CCc2ccc(F)cc21. The number of aryl methyl sites for hydroxylation is 1. The van der Waals surface area contributed by atoms with E-state index in [1.165, 1.54) is 19.1 Å². The van der Waals surface area contributed by atoms with Gasteiger partial charge in [-0.05, 0) is 31.0 Å². The van der Waals surface area contributed by atoms with Gasteiger partial charge in [-0.15, -0.1) is 0 Å². The van der Waals surface area contributed by atoms with Crippen LogP contribution in [0.25, 0.3) is 0 Å². The number of nitrogens with zero attached hydrogens (tertiary/aromatic N) is 1. The molecule has 1 unspecified atom stereocenters. The van der Waals surface area contributed by atoms with E-state index in [0.29, 0.717) is 16.9 Å². The summed E-state index contributed by atoms with van der Waals surface area (Å²) in [6.07, 6.45) is -1.76. The van der Waals surface area contributed by atoms with Crippen molar-refractivity contribution in [2.45, 2.75) is 26.1 Å². The van der Waals surface area contributed by atoms with Crippen LogP contribution in [0.5, 0.6) is 0 Å². The Morgan fingerprint density at radius 1 is 1.47 bits per heavy atom. The van der Waals surface area contributed by atoms with E-state index in [4.69, 9.17) is 0 Å². The molecule has 102 valence electrons. The number of hydrogen-bond acceptors (Lipinski definition) is 3. The number of benzene rings is 1. The summed E-state index contributed by atoms with van der Waals surface area (Å²) in [5.41, 5.74) is 0.727. The van der Waals surface area contributed by atoms with Crippen molar-refractivity contribution in [3.05, 3.63) is 29.6 Å². The summed E-state index contributed by atoms with van der Waals surface area (Å²) in [6, 6.07) is 3.78. The monoisotopic (exact) mass is 269 g/mol. The van der Waals surface area contributed by atoms with Gasteiger partial charge in [0.15, 0.2) is 0 Å². The molecule has 1 atom stereocenters. The van der Waals surface area contributed by atoms with Crippen molar-refractivity contribution in [2.24, 2.45) is 0 Å². The lowest BCUT2D eigenvalue weighted by atomic mass is 10.0. The number of esters is 1. The van der Waals surface area contributed by atoms with Crippen molar-refractivity contribution >= 4 is 17.6 Å². The molecule has 1 amide bonds. The van der Waals surface area contributed by atoms with Gasteiger partial charge in [-0.2, -0.15) is 0 Å². The first-order valence-electron chi connectivity index (χ1n) is 5.95. The van der Waals surface area contributed by atoms with Crippen molar-refractivity contribution < 1.29 is 23.1 Å². The first-order chi connectivity index (χ1) is 9.04. The summed E-state index contributed by atoms with van der Waals surface area (Å²) < 4.78 is 31.8. The summed E-state index contributed by atoms with van der Waals surface area (Å²) in [4.78, 5) is 23.8. The molecule has 1 aromatic carbocycles. The maximum absolute atomic E-state index is 14.0. The number of hydrogen-bond donors (Lipinski definition) is 0. The molecule has 0 fully saturated rings. The molecule has 0 aromatic heterocycles. The summed E-state index contributed by atoms with van der Waals surface area (Å²) in [5.74, 6) is -2.29. The Balaban J connectivity index is 2.37. The van der Waals surface area contributed by atoms with E-state index in [1.807, 2.05) is 0 Å². The van der Waals surface area contributed by atoms with Crippen molar-refractivity contribution in [3.63, 3.8) is 0 Å². The second kappa shape index (κ2) is 5.34. The smallest absolute Gasteiger partial charge is 0.362 e. The molecule has 0 N–H and O–H groups in total. The van der Waals surface area contributed by atoms with Crippen LogP contribution in [0, 0.1) is 5.82 Å². The topological polar surface area (TPSA) is 46.6 Å². The average molecular weight is 269 g/mol. The molecule has 0 radical (unpaired) electrons. The zero-order chi connectivity index (χ0) is 14.0. The van der Waals surface area contributed by atoms with Gasteiger partial charge in [0.1, 0.15) is 5.82 Å². The molecular weight excluding hydrogens is 256 g/mol.